The van der Waals surface area contributed by atoms with Crippen LogP contribution in [0, 0.1) is 3.57 Å². The minimum atomic E-state index is -0.222. The Morgan fingerprint density at radius 2 is 1.86 bits per heavy atom. The van der Waals surface area contributed by atoms with Gasteiger partial charge in [-0.25, -0.2) is 4.79 Å². The van der Waals surface area contributed by atoms with E-state index in [2.05, 4.69) is 27.9 Å². The number of carbonyl (C=O) groups is 1. The van der Waals surface area contributed by atoms with Crippen molar-refractivity contribution in [1.29, 1.82) is 0 Å². The molecule has 1 N–H and O–H groups in total. The molecule has 1 amide bonds. The lowest BCUT2D eigenvalue weighted by Gasteiger charge is -2.06. The molecule has 0 fully saturated rings. The predicted molar refractivity (Wildman–Crippen MR) is 95.0 cm³/mol. The first kappa shape index (κ1) is 14.8. The number of hydrogen-bond donors (Lipinski definition) is 1. The van der Waals surface area contributed by atoms with Crippen molar-refractivity contribution in [1.82, 2.24) is 9.13 Å². The maximum atomic E-state index is 12.3. The molecule has 0 saturated heterocycles. The van der Waals surface area contributed by atoms with Gasteiger partial charge in [-0.2, -0.15) is 0 Å². The van der Waals surface area contributed by atoms with Gasteiger partial charge in [0.15, 0.2) is 0 Å². The van der Waals surface area contributed by atoms with Crippen LogP contribution in [0.4, 0.5) is 5.69 Å². The number of imidazole rings is 1. The predicted octanol–water partition coefficient (Wildman–Crippen LogP) is 2.58. The summed E-state index contributed by atoms with van der Waals surface area (Å²) in [5, 5.41) is 2.82. The normalized spacial score (nSPS) is 10.8. The van der Waals surface area contributed by atoms with E-state index in [-0.39, 0.29) is 18.1 Å². The maximum Gasteiger partial charge on any atom is 0.329 e. The van der Waals surface area contributed by atoms with Crippen molar-refractivity contribution in [2.45, 2.75) is 6.54 Å². The van der Waals surface area contributed by atoms with E-state index in [9.17, 15) is 9.59 Å². The Morgan fingerprint density at radius 1 is 1.14 bits per heavy atom. The second kappa shape index (κ2) is 5.96. The summed E-state index contributed by atoms with van der Waals surface area (Å²) >= 11 is 2.19. The Balaban J connectivity index is 1.89. The Bertz CT molecular complexity index is 911. The van der Waals surface area contributed by atoms with Gasteiger partial charge < -0.3 is 5.32 Å². The number of aryl methyl sites for hydroxylation is 1. The third kappa shape index (κ3) is 2.78. The quantitative estimate of drug-likeness (QED) is 0.679. The summed E-state index contributed by atoms with van der Waals surface area (Å²) in [5.41, 5.74) is 2.10. The summed E-state index contributed by atoms with van der Waals surface area (Å²) in [6.45, 7) is -0.00827. The highest BCUT2D eigenvalue weighted by atomic mass is 127. The first-order chi connectivity index (χ1) is 10.6. The smallest absolute Gasteiger partial charge is 0.324 e. The van der Waals surface area contributed by atoms with Crippen LogP contribution >= 0.6 is 22.6 Å². The fourth-order valence-corrected chi connectivity index (χ4v) is 2.97. The molecule has 0 unspecified atom stereocenters. The SMILES string of the molecule is Cn1c(=O)n(CC(=O)Nc2cccc(I)c2)c2ccccc21. The highest BCUT2D eigenvalue weighted by molar-refractivity contribution is 14.1. The van der Waals surface area contributed by atoms with E-state index in [1.807, 2.05) is 48.5 Å². The van der Waals surface area contributed by atoms with Crippen molar-refractivity contribution >= 4 is 45.2 Å². The van der Waals surface area contributed by atoms with E-state index in [1.54, 1.807) is 11.6 Å². The van der Waals surface area contributed by atoms with Gasteiger partial charge in [-0.3, -0.25) is 13.9 Å². The molecule has 1 heterocycles. The van der Waals surface area contributed by atoms with Crippen LogP contribution in [0.3, 0.4) is 0 Å². The number of nitrogens with one attached hydrogen (secondary N) is 1. The number of carbonyl (C=O) groups excluding carboxylic acids is 1. The maximum absolute atomic E-state index is 12.3. The third-order valence-corrected chi connectivity index (χ3v) is 4.13. The largest absolute Gasteiger partial charge is 0.329 e. The molecule has 0 radical (unpaired) electrons. The van der Waals surface area contributed by atoms with Gasteiger partial charge in [-0.1, -0.05) is 18.2 Å². The van der Waals surface area contributed by atoms with Crippen molar-refractivity contribution in [2.75, 3.05) is 5.32 Å². The first-order valence-electron chi connectivity index (χ1n) is 6.76. The molecule has 1 aromatic heterocycles. The van der Waals surface area contributed by atoms with Crippen LogP contribution in [-0.2, 0) is 18.4 Å². The lowest BCUT2D eigenvalue weighted by Crippen LogP contribution is -2.28. The molecule has 3 rings (SSSR count). The van der Waals surface area contributed by atoms with Crippen LogP contribution < -0.4 is 11.0 Å². The molecule has 2 aromatic carbocycles. The molecule has 112 valence electrons. The average Bonchev–Trinajstić information content (AvgIpc) is 2.73. The fourth-order valence-electron chi connectivity index (χ4n) is 2.43. The number of rotatable bonds is 3. The minimum absolute atomic E-state index is 0.00827. The second-order valence-corrected chi connectivity index (χ2v) is 6.22. The van der Waals surface area contributed by atoms with Gasteiger partial charge in [0.05, 0.1) is 11.0 Å². The standard InChI is InChI=1S/C16H14IN3O2/c1-19-13-7-2-3-8-14(13)20(16(19)22)10-15(21)18-12-6-4-5-11(17)9-12/h2-9H,10H2,1H3,(H,18,21). The molecule has 0 saturated carbocycles. The van der Waals surface area contributed by atoms with Gasteiger partial charge in [0.25, 0.3) is 0 Å². The van der Waals surface area contributed by atoms with Crippen molar-refractivity contribution in [3.63, 3.8) is 0 Å². The van der Waals surface area contributed by atoms with Gasteiger partial charge in [-0.15, -0.1) is 0 Å². The highest BCUT2D eigenvalue weighted by Gasteiger charge is 2.13. The number of para-hydroxylation sites is 2. The van der Waals surface area contributed by atoms with E-state index in [0.29, 0.717) is 0 Å². The molecule has 6 heteroatoms. The summed E-state index contributed by atoms with van der Waals surface area (Å²) in [7, 11) is 1.71. The molecule has 0 atom stereocenters. The highest BCUT2D eigenvalue weighted by Crippen LogP contribution is 2.14. The molecule has 0 spiro atoms. The fraction of sp³-hybridized carbons (Fsp3) is 0.125. The molecule has 0 bridgehead atoms. The average molecular weight is 407 g/mol. The van der Waals surface area contributed by atoms with Gasteiger partial charge in [0, 0.05) is 16.3 Å². The zero-order valence-electron chi connectivity index (χ0n) is 11.9. The molecule has 0 aliphatic carbocycles. The summed E-state index contributed by atoms with van der Waals surface area (Å²) < 4.78 is 4.07. The Kier molecular flexibility index (Phi) is 4.02. The van der Waals surface area contributed by atoms with E-state index < -0.39 is 0 Å². The number of aromatic nitrogens is 2. The first-order valence-corrected chi connectivity index (χ1v) is 7.84. The molecular formula is C16H14IN3O2. The number of fused-ring (bicyclic) bond motifs is 1. The monoisotopic (exact) mass is 407 g/mol. The van der Waals surface area contributed by atoms with Gasteiger partial charge >= 0.3 is 5.69 Å². The number of benzene rings is 2. The number of nitrogens with zero attached hydrogens (tertiary/aromatic N) is 2. The van der Waals surface area contributed by atoms with Gasteiger partial charge in [0.1, 0.15) is 6.54 Å². The number of amides is 1. The molecular weight excluding hydrogens is 393 g/mol. The zero-order valence-corrected chi connectivity index (χ0v) is 14.1. The summed E-state index contributed by atoms with van der Waals surface area (Å²) in [4.78, 5) is 24.5. The van der Waals surface area contributed by atoms with Gasteiger partial charge in [0.2, 0.25) is 5.91 Å². The molecule has 5 nitrogen and oxygen atoms in total. The van der Waals surface area contributed by atoms with Crippen LogP contribution in [-0.4, -0.2) is 15.0 Å². The summed E-state index contributed by atoms with van der Waals surface area (Å²) in [6, 6.07) is 15.0. The van der Waals surface area contributed by atoms with Crippen LogP contribution in [0.15, 0.2) is 53.3 Å². The van der Waals surface area contributed by atoms with Crippen molar-refractivity contribution in [2.24, 2.45) is 7.05 Å². The third-order valence-electron chi connectivity index (χ3n) is 3.46. The van der Waals surface area contributed by atoms with E-state index in [1.165, 1.54) is 4.57 Å². The van der Waals surface area contributed by atoms with Crippen molar-refractivity contribution in [3.8, 4) is 0 Å². The Morgan fingerprint density at radius 3 is 2.59 bits per heavy atom. The van der Waals surface area contributed by atoms with E-state index >= 15 is 0 Å². The number of anilines is 1. The molecule has 22 heavy (non-hydrogen) atoms. The second-order valence-electron chi connectivity index (χ2n) is 4.97. The lowest BCUT2D eigenvalue weighted by atomic mass is 10.3. The van der Waals surface area contributed by atoms with Crippen molar-refractivity contribution in [3.05, 3.63) is 62.6 Å². The molecule has 0 aliphatic heterocycles. The van der Waals surface area contributed by atoms with Crippen LogP contribution in [0.25, 0.3) is 11.0 Å². The van der Waals surface area contributed by atoms with Crippen LogP contribution in [0.5, 0.6) is 0 Å². The topological polar surface area (TPSA) is 56.0 Å². The summed E-state index contributed by atoms with van der Waals surface area (Å²) in [6.07, 6.45) is 0. The Hall–Kier alpha value is -2.09. The lowest BCUT2D eigenvalue weighted by molar-refractivity contribution is -0.116. The van der Waals surface area contributed by atoms with E-state index in [0.717, 1.165) is 20.3 Å². The Labute approximate surface area is 140 Å². The zero-order chi connectivity index (χ0) is 15.7. The van der Waals surface area contributed by atoms with Crippen LogP contribution in [0.2, 0.25) is 0 Å². The number of hydrogen-bond acceptors (Lipinski definition) is 2. The van der Waals surface area contributed by atoms with Crippen LogP contribution in [0.1, 0.15) is 0 Å². The van der Waals surface area contributed by atoms with Gasteiger partial charge in [-0.05, 0) is 52.9 Å². The van der Waals surface area contributed by atoms with Crippen molar-refractivity contribution < 1.29 is 4.79 Å². The molecule has 3 aromatic rings. The minimum Gasteiger partial charge on any atom is -0.324 e. The summed E-state index contributed by atoms with van der Waals surface area (Å²) in [5.74, 6) is -0.222. The number of halogens is 1. The molecule has 0 aliphatic rings. The van der Waals surface area contributed by atoms with E-state index in [4.69, 9.17) is 0 Å².